The molecule has 0 fully saturated rings. The number of nitrogens with zero attached hydrogens (tertiary/aromatic N) is 1. The van der Waals surface area contributed by atoms with Crippen LogP contribution in [0.4, 0.5) is 8.78 Å². The third kappa shape index (κ3) is 2.83. The predicted octanol–water partition coefficient (Wildman–Crippen LogP) is 1.41. The van der Waals surface area contributed by atoms with Crippen LogP contribution in [0, 0.1) is 0 Å². The number of hydrogen-bond acceptors (Lipinski definition) is 4. The molecule has 0 amide bonds. The van der Waals surface area contributed by atoms with Gasteiger partial charge in [0.1, 0.15) is 5.69 Å². The van der Waals surface area contributed by atoms with Crippen molar-refractivity contribution in [3.8, 4) is 0 Å². The lowest BCUT2D eigenvalue weighted by molar-refractivity contribution is 0.145. The van der Waals surface area contributed by atoms with Gasteiger partial charge in [-0.3, -0.25) is 0 Å². The lowest BCUT2D eigenvalue weighted by Crippen LogP contribution is -2.08. The maximum atomic E-state index is 12.2. The quantitative estimate of drug-likeness (QED) is 0.830. The summed E-state index contributed by atoms with van der Waals surface area (Å²) in [6.07, 6.45) is -2.85. The van der Waals surface area contributed by atoms with Gasteiger partial charge in [0, 0.05) is 22.8 Å². The summed E-state index contributed by atoms with van der Waals surface area (Å²) in [6.45, 7) is -0.141. The summed E-state index contributed by atoms with van der Waals surface area (Å²) < 4.78 is 46.5. The Morgan fingerprint density at radius 2 is 2.07 bits per heavy atom. The lowest BCUT2D eigenvalue weighted by atomic mass is 10.2. The van der Waals surface area contributed by atoms with E-state index < -0.39 is 26.2 Å². The van der Waals surface area contributed by atoms with Gasteiger partial charge in [0.25, 0.3) is 15.5 Å². The summed E-state index contributed by atoms with van der Waals surface area (Å²) in [7, 11) is 0.875. The highest BCUT2D eigenvalue weighted by Crippen LogP contribution is 2.22. The number of hydrogen-bond donors (Lipinski definition) is 1. The number of halogens is 3. The van der Waals surface area contributed by atoms with Crippen LogP contribution in [0.15, 0.2) is 17.2 Å². The Balaban J connectivity index is 3.39. The molecule has 2 N–H and O–H groups in total. The first-order valence-corrected chi connectivity index (χ1v) is 6.10. The van der Waals surface area contributed by atoms with Gasteiger partial charge in [0.05, 0.1) is 0 Å². The minimum atomic E-state index is -4.15. The van der Waals surface area contributed by atoms with E-state index in [9.17, 15) is 17.2 Å². The fraction of sp³-hybridized carbons (Fsp3) is 0.286. The Kier molecular flexibility index (Phi) is 3.58. The summed E-state index contributed by atoms with van der Waals surface area (Å²) >= 11 is 0. The van der Waals surface area contributed by atoms with Crippen LogP contribution < -0.4 is 5.73 Å². The molecule has 0 spiro atoms. The Labute approximate surface area is 89.5 Å². The molecule has 0 aliphatic heterocycles. The average Bonchev–Trinajstić information content (AvgIpc) is 2.15. The molecule has 0 aliphatic rings. The fourth-order valence-corrected chi connectivity index (χ4v) is 2.05. The van der Waals surface area contributed by atoms with Crippen LogP contribution in [-0.4, -0.2) is 13.4 Å². The van der Waals surface area contributed by atoms with Crippen molar-refractivity contribution in [3.05, 3.63) is 23.4 Å². The van der Waals surface area contributed by atoms with E-state index in [1.54, 1.807) is 0 Å². The molecule has 84 valence electrons. The number of nitrogens with two attached hydrogens (primary N) is 1. The first kappa shape index (κ1) is 12.3. The highest BCUT2D eigenvalue weighted by Gasteiger charge is 2.20. The van der Waals surface area contributed by atoms with E-state index in [0.717, 1.165) is 6.07 Å². The minimum Gasteiger partial charge on any atom is -0.326 e. The first-order valence-electron chi connectivity index (χ1n) is 3.79. The fourth-order valence-electron chi connectivity index (χ4n) is 0.972. The SMILES string of the molecule is NCc1ccc(C(F)F)nc1S(=O)(=O)Cl. The van der Waals surface area contributed by atoms with Crippen molar-refractivity contribution in [2.45, 2.75) is 18.0 Å². The van der Waals surface area contributed by atoms with Gasteiger partial charge in [-0.15, -0.1) is 0 Å². The van der Waals surface area contributed by atoms with Crippen molar-refractivity contribution >= 4 is 19.7 Å². The Morgan fingerprint density at radius 3 is 2.47 bits per heavy atom. The van der Waals surface area contributed by atoms with Gasteiger partial charge in [-0.05, 0) is 6.07 Å². The van der Waals surface area contributed by atoms with Crippen LogP contribution >= 0.6 is 10.7 Å². The molecule has 4 nitrogen and oxygen atoms in total. The standard InChI is InChI=1S/C7H7ClF2N2O2S/c8-15(13,14)7-4(3-11)1-2-5(12-7)6(9)10/h1-2,6H,3,11H2. The van der Waals surface area contributed by atoms with Crippen molar-refractivity contribution in [1.29, 1.82) is 0 Å². The second-order valence-electron chi connectivity index (χ2n) is 2.64. The molecule has 0 saturated carbocycles. The molecule has 0 aliphatic carbocycles. The molecule has 1 rings (SSSR count). The Bertz CT molecular complexity index is 464. The average molecular weight is 257 g/mol. The second-order valence-corrected chi connectivity index (χ2v) is 5.12. The summed E-state index contributed by atoms with van der Waals surface area (Å²) in [5, 5.41) is -0.607. The highest BCUT2D eigenvalue weighted by atomic mass is 35.7. The first-order chi connectivity index (χ1) is 6.86. The van der Waals surface area contributed by atoms with Gasteiger partial charge in [0.2, 0.25) is 0 Å². The molecule has 0 aromatic carbocycles. The number of rotatable bonds is 3. The highest BCUT2D eigenvalue weighted by molar-refractivity contribution is 8.13. The number of aromatic nitrogens is 1. The van der Waals surface area contributed by atoms with Crippen LogP contribution in [0.1, 0.15) is 17.7 Å². The van der Waals surface area contributed by atoms with Gasteiger partial charge in [-0.25, -0.2) is 22.2 Å². The molecule has 0 unspecified atom stereocenters. The molecule has 1 heterocycles. The van der Waals surface area contributed by atoms with Gasteiger partial charge < -0.3 is 5.73 Å². The van der Waals surface area contributed by atoms with Crippen LogP contribution in [0.3, 0.4) is 0 Å². The van der Waals surface area contributed by atoms with Crippen molar-refractivity contribution in [1.82, 2.24) is 4.98 Å². The van der Waals surface area contributed by atoms with Gasteiger partial charge in [0.15, 0.2) is 5.03 Å². The molecule has 1 aromatic heterocycles. The zero-order valence-corrected chi connectivity index (χ0v) is 8.89. The summed E-state index contributed by atoms with van der Waals surface area (Å²) in [5.74, 6) is 0. The van der Waals surface area contributed by atoms with Crippen molar-refractivity contribution < 1.29 is 17.2 Å². The molecule has 0 saturated heterocycles. The molecular formula is C7H7ClF2N2O2S. The molecule has 0 atom stereocenters. The predicted molar refractivity (Wildman–Crippen MR) is 50.1 cm³/mol. The van der Waals surface area contributed by atoms with E-state index in [4.69, 9.17) is 16.4 Å². The monoisotopic (exact) mass is 256 g/mol. The van der Waals surface area contributed by atoms with Gasteiger partial charge in [-0.1, -0.05) is 6.07 Å². The van der Waals surface area contributed by atoms with Gasteiger partial charge in [-0.2, -0.15) is 0 Å². The topological polar surface area (TPSA) is 73.0 Å². The summed E-state index contributed by atoms with van der Waals surface area (Å²) in [5.41, 5.74) is 4.68. The number of alkyl halides is 2. The van der Waals surface area contributed by atoms with E-state index in [2.05, 4.69) is 4.98 Å². The van der Waals surface area contributed by atoms with E-state index in [-0.39, 0.29) is 12.1 Å². The molecule has 15 heavy (non-hydrogen) atoms. The third-order valence-electron chi connectivity index (χ3n) is 1.64. The van der Waals surface area contributed by atoms with E-state index in [1.807, 2.05) is 0 Å². The summed E-state index contributed by atoms with van der Waals surface area (Å²) in [6, 6.07) is 2.18. The van der Waals surface area contributed by atoms with Crippen molar-refractivity contribution in [3.63, 3.8) is 0 Å². The maximum absolute atomic E-state index is 12.2. The van der Waals surface area contributed by atoms with Crippen LogP contribution in [0.5, 0.6) is 0 Å². The Morgan fingerprint density at radius 1 is 1.47 bits per heavy atom. The van der Waals surface area contributed by atoms with Gasteiger partial charge >= 0.3 is 0 Å². The zero-order chi connectivity index (χ0) is 11.6. The lowest BCUT2D eigenvalue weighted by Gasteiger charge is -2.05. The number of pyridine rings is 1. The molecule has 8 heteroatoms. The molecular weight excluding hydrogens is 250 g/mol. The molecule has 0 bridgehead atoms. The second kappa shape index (κ2) is 4.38. The third-order valence-corrected chi connectivity index (χ3v) is 2.89. The van der Waals surface area contributed by atoms with Crippen LogP contribution in [-0.2, 0) is 15.6 Å². The molecule has 0 radical (unpaired) electrons. The minimum absolute atomic E-state index is 0.106. The zero-order valence-electron chi connectivity index (χ0n) is 7.32. The van der Waals surface area contributed by atoms with E-state index >= 15 is 0 Å². The van der Waals surface area contributed by atoms with Crippen molar-refractivity contribution in [2.24, 2.45) is 5.73 Å². The largest absolute Gasteiger partial charge is 0.326 e. The van der Waals surface area contributed by atoms with Crippen LogP contribution in [0.2, 0.25) is 0 Å². The maximum Gasteiger partial charge on any atom is 0.280 e. The summed E-state index contributed by atoms with van der Waals surface area (Å²) in [4.78, 5) is 3.26. The normalized spacial score (nSPS) is 12.1. The molecule has 1 aromatic rings. The van der Waals surface area contributed by atoms with Crippen LogP contribution in [0.25, 0.3) is 0 Å². The Hall–Kier alpha value is -0.790. The van der Waals surface area contributed by atoms with Crippen molar-refractivity contribution in [2.75, 3.05) is 0 Å². The van der Waals surface area contributed by atoms with E-state index in [1.165, 1.54) is 6.07 Å². The smallest absolute Gasteiger partial charge is 0.280 e. The van der Waals surface area contributed by atoms with E-state index in [0.29, 0.717) is 0 Å².